The maximum atomic E-state index is 12.4. The number of fused-ring (bicyclic) bond motifs is 1. The molecule has 0 aliphatic rings. The van der Waals surface area contributed by atoms with Crippen molar-refractivity contribution >= 4 is 49.1 Å². The second-order valence-electron chi connectivity index (χ2n) is 4.96. The van der Waals surface area contributed by atoms with Gasteiger partial charge in [-0.3, -0.25) is 14.9 Å². The van der Waals surface area contributed by atoms with E-state index in [9.17, 15) is 14.9 Å². The molecule has 0 atom stereocenters. The molecule has 0 saturated heterocycles. The highest BCUT2D eigenvalue weighted by atomic mass is 79.9. The quantitative estimate of drug-likeness (QED) is 0.485. The van der Waals surface area contributed by atoms with Gasteiger partial charge in [-0.05, 0) is 37.3 Å². The first-order valence-corrected chi connectivity index (χ1v) is 8.73. The topological polar surface area (TPSA) is 77.5 Å². The number of hydrogen-bond donors (Lipinski definition) is 0. The summed E-state index contributed by atoms with van der Waals surface area (Å²) in [4.78, 5) is 27.3. The molecule has 1 aromatic heterocycles. The number of carbonyl (C=O) groups is 1. The van der Waals surface area contributed by atoms with Gasteiger partial charge >= 0.3 is 0 Å². The number of halogens is 1. The lowest BCUT2D eigenvalue weighted by Crippen LogP contribution is -2.15. The summed E-state index contributed by atoms with van der Waals surface area (Å²) in [6.45, 7) is 2.68. The van der Waals surface area contributed by atoms with E-state index in [1.165, 1.54) is 35.6 Å². The third-order valence-electron chi connectivity index (χ3n) is 3.48. The van der Waals surface area contributed by atoms with Crippen LogP contribution in [0.5, 0.6) is 0 Å². The summed E-state index contributed by atoms with van der Waals surface area (Å²) in [6.07, 6.45) is 0. The van der Waals surface area contributed by atoms with Gasteiger partial charge in [-0.1, -0.05) is 27.3 Å². The summed E-state index contributed by atoms with van der Waals surface area (Å²) < 4.78 is 3.96. The highest BCUT2D eigenvalue weighted by Crippen LogP contribution is 2.22. The van der Waals surface area contributed by atoms with Crippen molar-refractivity contribution in [3.05, 3.63) is 67.4 Å². The summed E-state index contributed by atoms with van der Waals surface area (Å²) in [6, 6.07) is 11.4. The first-order valence-electron chi connectivity index (χ1n) is 7.12. The Hall–Kier alpha value is -2.32. The molecule has 0 spiro atoms. The lowest BCUT2D eigenvalue weighted by molar-refractivity contribution is -0.384. The molecule has 0 unspecified atom stereocenters. The minimum Gasteiger partial charge on any atom is -0.317 e. The molecular weight excluding hydrogens is 394 g/mol. The maximum Gasteiger partial charge on any atom is 0.279 e. The van der Waals surface area contributed by atoms with Gasteiger partial charge in [0.2, 0.25) is 0 Å². The number of non-ortho nitro benzene ring substituents is 1. The van der Waals surface area contributed by atoms with Gasteiger partial charge in [0, 0.05) is 28.7 Å². The average molecular weight is 406 g/mol. The van der Waals surface area contributed by atoms with Crippen LogP contribution in [0.25, 0.3) is 10.2 Å². The highest BCUT2D eigenvalue weighted by Gasteiger charge is 2.11. The number of nitro benzene ring substituents is 1. The standard InChI is InChI=1S/C16H12BrN3O3S/c1-2-19-13-8-5-11(17)9-14(13)24-16(19)18-15(21)10-3-6-12(7-4-10)20(22)23/h3-9H,2H2,1H3. The van der Waals surface area contributed by atoms with Crippen molar-refractivity contribution in [1.29, 1.82) is 0 Å². The Kier molecular flexibility index (Phi) is 4.59. The second-order valence-corrected chi connectivity index (χ2v) is 6.89. The van der Waals surface area contributed by atoms with E-state index in [-0.39, 0.29) is 5.69 Å². The third-order valence-corrected chi connectivity index (χ3v) is 5.02. The summed E-state index contributed by atoms with van der Waals surface area (Å²) in [5.41, 5.74) is 1.28. The molecule has 122 valence electrons. The van der Waals surface area contributed by atoms with Crippen LogP contribution < -0.4 is 4.80 Å². The van der Waals surface area contributed by atoms with Crippen LogP contribution in [0.2, 0.25) is 0 Å². The SMILES string of the molecule is CCn1c(=NC(=O)c2ccc([N+](=O)[O-])cc2)sc2cc(Br)ccc21. The number of thiazole rings is 1. The van der Waals surface area contributed by atoms with E-state index in [1.807, 2.05) is 29.7 Å². The average Bonchev–Trinajstić information content (AvgIpc) is 2.90. The van der Waals surface area contributed by atoms with E-state index in [2.05, 4.69) is 20.9 Å². The van der Waals surface area contributed by atoms with Crippen molar-refractivity contribution in [2.24, 2.45) is 4.99 Å². The van der Waals surface area contributed by atoms with Crippen molar-refractivity contribution in [2.45, 2.75) is 13.5 Å². The van der Waals surface area contributed by atoms with Crippen LogP contribution >= 0.6 is 27.3 Å². The van der Waals surface area contributed by atoms with Gasteiger partial charge in [0.1, 0.15) is 0 Å². The summed E-state index contributed by atoms with van der Waals surface area (Å²) >= 11 is 4.87. The van der Waals surface area contributed by atoms with Gasteiger partial charge in [-0.2, -0.15) is 4.99 Å². The number of carbonyl (C=O) groups excluding carboxylic acids is 1. The monoisotopic (exact) mass is 405 g/mol. The lowest BCUT2D eigenvalue weighted by atomic mass is 10.2. The normalized spacial score (nSPS) is 11.8. The van der Waals surface area contributed by atoms with Crippen LogP contribution in [0.4, 0.5) is 5.69 Å². The lowest BCUT2D eigenvalue weighted by Gasteiger charge is -2.00. The molecule has 2 aromatic carbocycles. The smallest absolute Gasteiger partial charge is 0.279 e. The number of benzene rings is 2. The van der Waals surface area contributed by atoms with Crippen LogP contribution in [0.1, 0.15) is 17.3 Å². The van der Waals surface area contributed by atoms with Gasteiger partial charge in [0.15, 0.2) is 4.80 Å². The van der Waals surface area contributed by atoms with E-state index < -0.39 is 10.8 Å². The van der Waals surface area contributed by atoms with Crippen LogP contribution in [0, 0.1) is 10.1 Å². The highest BCUT2D eigenvalue weighted by molar-refractivity contribution is 9.10. The van der Waals surface area contributed by atoms with E-state index in [0.29, 0.717) is 16.9 Å². The fourth-order valence-corrected chi connectivity index (χ4v) is 3.96. The number of amides is 1. The molecule has 8 heteroatoms. The molecule has 1 amide bonds. The van der Waals surface area contributed by atoms with E-state index in [1.54, 1.807) is 0 Å². The number of nitro groups is 1. The molecule has 1 heterocycles. The van der Waals surface area contributed by atoms with Crippen molar-refractivity contribution in [1.82, 2.24) is 4.57 Å². The summed E-state index contributed by atoms with van der Waals surface area (Å²) in [5.74, 6) is -0.419. The fourth-order valence-electron chi connectivity index (χ4n) is 2.32. The predicted octanol–water partition coefficient (Wildman–Crippen LogP) is 4.13. The second kappa shape index (κ2) is 6.66. The number of aryl methyl sites for hydroxylation is 1. The molecule has 0 bridgehead atoms. The number of nitrogens with zero attached hydrogens (tertiary/aromatic N) is 3. The first-order chi connectivity index (χ1) is 11.5. The molecule has 0 fully saturated rings. The van der Waals surface area contributed by atoms with Gasteiger partial charge in [0.25, 0.3) is 11.6 Å². The first kappa shape index (κ1) is 16.5. The zero-order valence-corrected chi connectivity index (χ0v) is 15.0. The number of rotatable bonds is 3. The Morgan fingerprint density at radius 1 is 1.29 bits per heavy atom. The Labute approximate surface area is 149 Å². The molecule has 0 aliphatic heterocycles. The summed E-state index contributed by atoms with van der Waals surface area (Å²) in [7, 11) is 0. The molecule has 24 heavy (non-hydrogen) atoms. The van der Waals surface area contributed by atoms with Crippen LogP contribution in [0.15, 0.2) is 51.9 Å². The van der Waals surface area contributed by atoms with Crippen molar-refractivity contribution in [2.75, 3.05) is 0 Å². The number of hydrogen-bond acceptors (Lipinski definition) is 4. The van der Waals surface area contributed by atoms with E-state index in [4.69, 9.17) is 0 Å². The fraction of sp³-hybridized carbons (Fsp3) is 0.125. The van der Waals surface area contributed by atoms with Crippen LogP contribution in [-0.4, -0.2) is 15.4 Å². The molecule has 0 saturated carbocycles. The van der Waals surface area contributed by atoms with Crippen molar-refractivity contribution in [3.8, 4) is 0 Å². The Balaban J connectivity index is 2.05. The zero-order chi connectivity index (χ0) is 17.3. The Morgan fingerprint density at radius 3 is 2.62 bits per heavy atom. The number of aromatic nitrogens is 1. The predicted molar refractivity (Wildman–Crippen MR) is 96.2 cm³/mol. The molecule has 3 aromatic rings. The van der Waals surface area contributed by atoms with Crippen molar-refractivity contribution in [3.63, 3.8) is 0 Å². The Morgan fingerprint density at radius 2 is 2.00 bits per heavy atom. The minimum atomic E-state index is -0.500. The van der Waals surface area contributed by atoms with Crippen LogP contribution in [-0.2, 0) is 6.54 Å². The zero-order valence-electron chi connectivity index (χ0n) is 12.6. The molecule has 0 N–H and O–H groups in total. The molecule has 3 rings (SSSR count). The molecule has 0 radical (unpaired) electrons. The van der Waals surface area contributed by atoms with Gasteiger partial charge in [-0.25, -0.2) is 0 Å². The molecular formula is C16H12BrN3O3S. The van der Waals surface area contributed by atoms with E-state index in [0.717, 1.165) is 14.7 Å². The van der Waals surface area contributed by atoms with Gasteiger partial charge < -0.3 is 4.57 Å². The van der Waals surface area contributed by atoms with E-state index >= 15 is 0 Å². The van der Waals surface area contributed by atoms with Gasteiger partial charge in [-0.15, -0.1) is 0 Å². The summed E-state index contributed by atoms with van der Waals surface area (Å²) in [5, 5.41) is 10.7. The van der Waals surface area contributed by atoms with Gasteiger partial charge in [0.05, 0.1) is 15.1 Å². The van der Waals surface area contributed by atoms with Crippen LogP contribution in [0.3, 0.4) is 0 Å². The molecule has 0 aliphatic carbocycles. The largest absolute Gasteiger partial charge is 0.317 e. The molecule has 6 nitrogen and oxygen atoms in total. The third kappa shape index (κ3) is 3.15. The minimum absolute atomic E-state index is 0.0538. The Bertz CT molecular complexity index is 1010. The maximum absolute atomic E-state index is 12.4. The van der Waals surface area contributed by atoms with Crippen molar-refractivity contribution < 1.29 is 9.72 Å².